The van der Waals surface area contributed by atoms with Crippen molar-refractivity contribution >= 4 is 22.6 Å². The molecule has 0 saturated heterocycles. The summed E-state index contributed by atoms with van der Waals surface area (Å²) in [4.78, 5) is 16.2. The van der Waals surface area contributed by atoms with Crippen LogP contribution in [0.3, 0.4) is 0 Å². The van der Waals surface area contributed by atoms with Crippen LogP contribution in [0.2, 0.25) is 0 Å². The number of rotatable bonds is 5. The average molecular weight is 313 g/mol. The summed E-state index contributed by atoms with van der Waals surface area (Å²) in [7, 11) is 0. The van der Waals surface area contributed by atoms with E-state index in [2.05, 4.69) is 30.9 Å². The number of amides is 2. The average Bonchev–Trinajstić information content (AvgIpc) is 3.11. The summed E-state index contributed by atoms with van der Waals surface area (Å²) in [5, 5.41) is 17.8. The Hall–Kier alpha value is -2.90. The van der Waals surface area contributed by atoms with Crippen LogP contribution in [-0.2, 0) is 6.54 Å². The fourth-order valence-corrected chi connectivity index (χ4v) is 2.44. The molecule has 0 atom stereocenters. The van der Waals surface area contributed by atoms with Crippen LogP contribution < -0.4 is 10.6 Å². The molecule has 0 aliphatic rings. The fourth-order valence-electron chi connectivity index (χ4n) is 2.44. The number of nitrogens with one attached hydrogen (secondary N) is 3. The summed E-state index contributed by atoms with van der Waals surface area (Å²) >= 11 is 0. The monoisotopic (exact) mass is 313 g/mol. The summed E-state index contributed by atoms with van der Waals surface area (Å²) < 4.78 is 1.85. The largest absolute Gasteiger partial charge is 0.338 e. The molecule has 0 aliphatic heterocycles. The molecule has 8 nitrogen and oxygen atoms in total. The molecule has 2 aromatic heterocycles. The van der Waals surface area contributed by atoms with Crippen LogP contribution in [0.4, 0.5) is 10.5 Å². The van der Waals surface area contributed by atoms with E-state index in [0.29, 0.717) is 12.2 Å². The van der Waals surface area contributed by atoms with Gasteiger partial charge in [0, 0.05) is 18.5 Å². The highest BCUT2D eigenvalue weighted by molar-refractivity contribution is 5.99. The molecule has 0 radical (unpaired) electrons. The molecule has 3 N–H and O–H groups in total. The van der Waals surface area contributed by atoms with E-state index in [4.69, 9.17) is 0 Å². The number of H-pyrrole nitrogens is 1. The molecular weight excluding hydrogens is 294 g/mol. The molecule has 0 bridgehead atoms. The van der Waals surface area contributed by atoms with Gasteiger partial charge >= 0.3 is 6.03 Å². The third-order valence-corrected chi connectivity index (χ3v) is 3.52. The Kier molecular flexibility index (Phi) is 4.22. The van der Waals surface area contributed by atoms with Crippen LogP contribution >= 0.6 is 0 Å². The lowest BCUT2D eigenvalue weighted by Gasteiger charge is -2.08. The molecule has 120 valence electrons. The topological polar surface area (TPSA) is 101 Å². The molecular formula is C15H19N7O. The first-order chi connectivity index (χ1) is 11.1. The van der Waals surface area contributed by atoms with Crippen molar-refractivity contribution in [2.24, 2.45) is 0 Å². The minimum absolute atomic E-state index is 0.237. The molecule has 0 spiro atoms. The summed E-state index contributed by atoms with van der Waals surface area (Å²) in [5.74, 6) is 1.65. The molecule has 0 unspecified atom stereocenters. The zero-order valence-electron chi connectivity index (χ0n) is 13.1. The predicted octanol–water partition coefficient (Wildman–Crippen LogP) is 1.98. The van der Waals surface area contributed by atoms with E-state index in [1.807, 2.05) is 36.7 Å². The number of fused-ring (bicyclic) bond motifs is 1. The van der Waals surface area contributed by atoms with Gasteiger partial charge in [-0.15, -0.1) is 0 Å². The highest BCUT2D eigenvalue weighted by atomic mass is 16.2. The predicted molar refractivity (Wildman–Crippen MR) is 87.2 cm³/mol. The minimum atomic E-state index is -0.237. The second kappa shape index (κ2) is 6.47. The first-order valence-electron chi connectivity index (χ1n) is 7.48. The lowest BCUT2D eigenvalue weighted by molar-refractivity contribution is 0.251. The highest BCUT2D eigenvalue weighted by Gasteiger charge is 2.07. The number of aryl methyl sites for hydroxylation is 3. The molecule has 8 heteroatoms. The van der Waals surface area contributed by atoms with Gasteiger partial charge in [-0.05, 0) is 26.3 Å². The normalized spacial score (nSPS) is 10.9. The van der Waals surface area contributed by atoms with E-state index in [1.165, 1.54) is 0 Å². The zero-order valence-corrected chi connectivity index (χ0v) is 13.1. The molecule has 3 aromatic rings. The fraction of sp³-hybridized carbons (Fsp3) is 0.333. The van der Waals surface area contributed by atoms with Crippen molar-refractivity contribution in [3.05, 3.63) is 36.0 Å². The van der Waals surface area contributed by atoms with E-state index in [9.17, 15) is 4.79 Å². The van der Waals surface area contributed by atoms with Gasteiger partial charge in [-0.2, -0.15) is 10.2 Å². The minimum Gasteiger partial charge on any atom is -0.338 e. The Labute approximate surface area is 133 Å². The lowest BCUT2D eigenvalue weighted by Crippen LogP contribution is -2.30. The molecule has 0 fully saturated rings. The van der Waals surface area contributed by atoms with Gasteiger partial charge in [-0.3, -0.25) is 9.78 Å². The number of aromatic nitrogens is 5. The zero-order chi connectivity index (χ0) is 16.2. The maximum atomic E-state index is 12.0. The van der Waals surface area contributed by atoms with E-state index >= 15 is 0 Å². The number of anilines is 1. The quantitative estimate of drug-likeness (QED) is 0.627. The number of para-hydroxylation sites is 1. The Morgan fingerprint density at radius 3 is 3.00 bits per heavy atom. The van der Waals surface area contributed by atoms with Crippen molar-refractivity contribution in [1.82, 2.24) is 30.3 Å². The molecule has 2 heterocycles. The van der Waals surface area contributed by atoms with E-state index in [1.54, 1.807) is 6.20 Å². The van der Waals surface area contributed by atoms with Crippen molar-refractivity contribution in [2.45, 2.75) is 26.8 Å². The number of carbonyl (C=O) groups excluding carboxylic acids is 1. The third-order valence-electron chi connectivity index (χ3n) is 3.52. The number of aromatic amines is 1. The molecule has 3 rings (SSSR count). The number of benzene rings is 1. The standard InChI is InChI=1S/C15H19N7O/c1-10-18-11(2)22(21-10)8-4-7-16-15(23)19-13-6-3-5-12-9-17-20-14(12)13/h3,5-6,9H,4,7-8H2,1-2H3,(H,17,20)(H2,16,19,23). The molecule has 0 aliphatic carbocycles. The van der Waals surface area contributed by atoms with E-state index in [-0.39, 0.29) is 6.03 Å². The van der Waals surface area contributed by atoms with Gasteiger partial charge < -0.3 is 10.6 Å². The van der Waals surface area contributed by atoms with Crippen molar-refractivity contribution in [2.75, 3.05) is 11.9 Å². The van der Waals surface area contributed by atoms with Gasteiger partial charge in [0.1, 0.15) is 11.6 Å². The van der Waals surface area contributed by atoms with Gasteiger partial charge in [0.05, 0.1) is 17.4 Å². The number of nitrogens with zero attached hydrogens (tertiary/aromatic N) is 4. The number of carbonyl (C=O) groups is 1. The first kappa shape index (κ1) is 15.0. The second-order valence-corrected chi connectivity index (χ2v) is 5.30. The highest BCUT2D eigenvalue weighted by Crippen LogP contribution is 2.20. The number of hydrogen-bond acceptors (Lipinski definition) is 4. The van der Waals surface area contributed by atoms with Gasteiger partial charge in [0.2, 0.25) is 0 Å². The summed E-state index contributed by atoms with van der Waals surface area (Å²) in [6.07, 6.45) is 2.51. The Morgan fingerprint density at radius 2 is 2.22 bits per heavy atom. The lowest BCUT2D eigenvalue weighted by atomic mass is 10.2. The first-order valence-corrected chi connectivity index (χ1v) is 7.48. The van der Waals surface area contributed by atoms with Crippen molar-refractivity contribution in [1.29, 1.82) is 0 Å². The number of urea groups is 1. The number of hydrogen-bond donors (Lipinski definition) is 3. The van der Waals surface area contributed by atoms with Crippen LogP contribution in [0.25, 0.3) is 10.9 Å². The van der Waals surface area contributed by atoms with Crippen molar-refractivity contribution in [3.63, 3.8) is 0 Å². The van der Waals surface area contributed by atoms with Crippen LogP contribution in [-0.4, -0.2) is 37.5 Å². The van der Waals surface area contributed by atoms with Crippen LogP contribution in [0.5, 0.6) is 0 Å². The summed E-state index contributed by atoms with van der Waals surface area (Å²) in [5.41, 5.74) is 1.52. The molecule has 23 heavy (non-hydrogen) atoms. The Morgan fingerprint density at radius 1 is 1.35 bits per heavy atom. The van der Waals surface area contributed by atoms with Crippen LogP contribution in [0.1, 0.15) is 18.1 Å². The van der Waals surface area contributed by atoms with Gasteiger partial charge in [0.15, 0.2) is 0 Å². The van der Waals surface area contributed by atoms with E-state index in [0.717, 1.165) is 35.5 Å². The van der Waals surface area contributed by atoms with E-state index < -0.39 is 0 Å². The van der Waals surface area contributed by atoms with Crippen LogP contribution in [0, 0.1) is 13.8 Å². The van der Waals surface area contributed by atoms with Gasteiger partial charge in [-0.1, -0.05) is 12.1 Å². The maximum Gasteiger partial charge on any atom is 0.319 e. The Bertz CT molecular complexity index is 820. The van der Waals surface area contributed by atoms with Crippen molar-refractivity contribution in [3.8, 4) is 0 Å². The third kappa shape index (κ3) is 3.47. The molecule has 2 amide bonds. The Balaban J connectivity index is 1.48. The summed E-state index contributed by atoms with van der Waals surface area (Å²) in [6, 6.07) is 5.41. The van der Waals surface area contributed by atoms with Crippen molar-refractivity contribution < 1.29 is 4.79 Å². The van der Waals surface area contributed by atoms with Gasteiger partial charge in [-0.25, -0.2) is 9.78 Å². The molecule has 0 saturated carbocycles. The maximum absolute atomic E-state index is 12.0. The van der Waals surface area contributed by atoms with Gasteiger partial charge in [0.25, 0.3) is 0 Å². The second-order valence-electron chi connectivity index (χ2n) is 5.30. The summed E-state index contributed by atoms with van der Waals surface area (Å²) in [6.45, 7) is 5.07. The van der Waals surface area contributed by atoms with Crippen LogP contribution in [0.15, 0.2) is 24.4 Å². The molecule has 1 aromatic carbocycles. The smallest absolute Gasteiger partial charge is 0.319 e. The SMILES string of the molecule is Cc1nc(C)n(CCCNC(=O)Nc2cccc3cn[nH]c23)n1.